The third kappa shape index (κ3) is 7.54. The van der Waals surface area contributed by atoms with Crippen molar-refractivity contribution in [2.75, 3.05) is 13.4 Å². The fraction of sp³-hybridized carbons (Fsp3) is 0.889. The van der Waals surface area contributed by atoms with Gasteiger partial charge in [0.25, 0.3) is 0 Å². The Morgan fingerprint density at radius 2 is 2.00 bits per heavy atom. The highest BCUT2D eigenvalue weighted by Crippen LogP contribution is 1.92. The molecule has 0 radical (unpaired) electrons. The second kappa shape index (κ2) is 8.53. The molecular weight excluding hydrogens is 156 g/mol. The Morgan fingerprint density at radius 3 is 2.58 bits per heavy atom. The maximum atomic E-state index is 10.8. The van der Waals surface area contributed by atoms with Gasteiger partial charge in [-0.15, -0.1) is 0 Å². The molecule has 0 atom stereocenters. The lowest BCUT2D eigenvalue weighted by Gasteiger charge is -2.04. The molecule has 0 rings (SSSR count). The predicted molar refractivity (Wildman–Crippen MR) is 46.7 cm³/mol. The SMILES string of the molecule is CCCCOCOC(=O)CCC. The van der Waals surface area contributed by atoms with Crippen molar-refractivity contribution in [3.63, 3.8) is 0 Å². The van der Waals surface area contributed by atoms with Crippen LogP contribution in [0.25, 0.3) is 0 Å². The van der Waals surface area contributed by atoms with Crippen LogP contribution in [0.2, 0.25) is 0 Å². The molecule has 0 saturated heterocycles. The summed E-state index contributed by atoms with van der Waals surface area (Å²) in [5.74, 6) is -0.172. The van der Waals surface area contributed by atoms with E-state index in [0.717, 1.165) is 19.3 Å². The van der Waals surface area contributed by atoms with E-state index in [0.29, 0.717) is 13.0 Å². The topological polar surface area (TPSA) is 35.5 Å². The first-order chi connectivity index (χ1) is 5.81. The van der Waals surface area contributed by atoms with Crippen LogP contribution in [-0.4, -0.2) is 19.4 Å². The van der Waals surface area contributed by atoms with Crippen molar-refractivity contribution in [2.24, 2.45) is 0 Å². The van der Waals surface area contributed by atoms with E-state index in [4.69, 9.17) is 9.47 Å². The average Bonchev–Trinajstić information content (AvgIpc) is 2.05. The Labute approximate surface area is 74.0 Å². The van der Waals surface area contributed by atoms with Crippen LogP contribution < -0.4 is 0 Å². The molecule has 3 heteroatoms. The molecule has 0 aliphatic rings. The van der Waals surface area contributed by atoms with E-state index >= 15 is 0 Å². The fourth-order valence-electron chi connectivity index (χ4n) is 0.689. The van der Waals surface area contributed by atoms with E-state index in [1.165, 1.54) is 0 Å². The van der Waals surface area contributed by atoms with Crippen molar-refractivity contribution in [1.29, 1.82) is 0 Å². The molecule has 0 spiro atoms. The molecule has 12 heavy (non-hydrogen) atoms. The summed E-state index contributed by atoms with van der Waals surface area (Å²) in [5.41, 5.74) is 0. The lowest BCUT2D eigenvalue weighted by molar-refractivity contribution is -0.156. The van der Waals surface area contributed by atoms with Gasteiger partial charge in [0.2, 0.25) is 0 Å². The number of carbonyl (C=O) groups is 1. The fourth-order valence-corrected chi connectivity index (χ4v) is 0.689. The lowest BCUT2D eigenvalue weighted by Crippen LogP contribution is -2.08. The first kappa shape index (κ1) is 11.4. The van der Waals surface area contributed by atoms with Gasteiger partial charge in [0.1, 0.15) is 0 Å². The number of carbonyl (C=O) groups excluding carboxylic acids is 1. The van der Waals surface area contributed by atoms with Gasteiger partial charge in [-0.25, -0.2) is 0 Å². The number of hydrogen-bond acceptors (Lipinski definition) is 3. The minimum Gasteiger partial charge on any atom is -0.438 e. The number of rotatable bonds is 7. The van der Waals surface area contributed by atoms with Crippen molar-refractivity contribution in [2.45, 2.75) is 39.5 Å². The van der Waals surface area contributed by atoms with Gasteiger partial charge in [-0.2, -0.15) is 0 Å². The molecule has 0 N–H and O–H groups in total. The lowest BCUT2D eigenvalue weighted by atomic mass is 10.3. The second-order valence-electron chi connectivity index (χ2n) is 2.65. The molecular formula is C9H18O3. The maximum Gasteiger partial charge on any atom is 0.307 e. The van der Waals surface area contributed by atoms with Gasteiger partial charge < -0.3 is 9.47 Å². The maximum absolute atomic E-state index is 10.8. The highest BCUT2D eigenvalue weighted by molar-refractivity contribution is 5.69. The van der Waals surface area contributed by atoms with Crippen LogP contribution in [0.3, 0.4) is 0 Å². The Bertz CT molecular complexity index is 112. The van der Waals surface area contributed by atoms with Crippen molar-refractivity contribution in [1.82, 2.24) is 0 Å². The predicted octanol–water partition coefficient (Wildman–Crippen LogP) is 2.10. The van der Waals surface area contributed by atoms with Crippen LogP contribution in [0.5, 0.6) is 0 Å². The second-order valence-corrected chi connectivity index (χ2v) is 2.65. The summed E-state index contributed by atoms with van der Waals surface area (Å²) < 4.78 is 9.82. The number of esters is 1. The monoisotopic (exact) mass is 174 g/mol. The molecule has 0 aromatic heterocycles. The quantitative estimate of drug-likeness (QED) is 0.337. The molecule has 0 bridgehead atoms. The van der Waals surface area contributed by atoms with Crippen molar-refractivity contribution in [3.8, 4) is 0 Å². The summed E-state index contributed by atoms with van der Waals surface area (Å²) >= 11 is 0. The molecule has 0 heterocycles. The molecule has 3 nitrogen and oxygen atoms in total. The van der Waals surface area contributed by atoms with Gasteiger partial charge in [0.15, 0.2) is 6.79 Å². The van der Waals surface area contributed by atoms with Gasteiger partial charge in [-0.3, -0.25) is 4.79 Å². The third-order valence-electron chi connectivity index (χ3n) is 1.40. The summed E-state index contributed by atoms with van der Waals surface area (Å²) in [6.07, 6.45) is 3.43. The Balaban J connectivity index is 3.03. The van der Waals surface area contributed by atoms with Gasteiger partial charge in [-0.05, 0) is 12.8 Å². The number of ether oxygens (including phenoxy) is 2. The van der Waals surface area contributed by atoms with Gasteiger partial charge in [0, 0.05) is 6.42 Å². The Hall–Kier alpha value is -0.570. The molecule has 0 amide bonds. The van der Waals surface area contributed by atoms with E-state index in [1.807, 2.05) is 6.92 Å². The molecule has 0 aromatic carbocycles. The summed E-state index contributed by atoms with van der Waals surface area (Å²) in [6.45, 7) is 4.82. The average molecular weight is 174 g/mol. The minimum atomic E-state index is -0.172. The zero-order valence-electron chi connectivity index (χ0n) is 7.97. The van der Waals surface area contributed by atoms with Crippen molar-refractivity contribution >= 4 is 5.97 Å². The van der Waals surface area contributed by atoms with Gasteiger partial charge in [0.05, 0.1) is 6.61 Å². The third-order valence-corrected chi connectivity index (χ3v) is 1.40. The summed E-state index contributed by atoms with van der Waals surface area (Å²) in [5, 5.41) is 0. The molecule has 0 saturated carbocycles. The van der Waals surface area contributed by atoms with E-state index < -0.39 is 0 Å². The molecule has 0 aliphatic carbocycles. The normalized spacial score (nSPS) is 9.83. The van der Waals surface area contributed by atoms with Crippen LogP contribution in [-0.2, 0) is 14.3 Å². The summed E-state index contributed by atoms with van der Waals surface area (Å²) in [6, 6.07) is 0. The Kier molecular flexibility index (Phi) is 8.12. The highest BCUT2D eigenvalue weighted by Gasteiger charge is 1.98. The van der Waals surface area contributed by atoms with Crippen molar-refractivity contribution in [3.05, 3.63) is 0 Å². The number of unbranched alkanes of at least 4 members (excludes halogenated alkanes) is 1. The van der Waals surface area contributed by atoms with Crippen LogP contribution >= 0.6 is 0 Å². The van der Waals surface area contributed by atoms with E-state index in [1.54, 1.807) is 0 Å². The Morgan fingerprint density at radius 1 is 1.25 bits per heavy atom. The molecule has 72 valence electrons. The van der Waals surface area contributed by atoms with Crippen LogP contribution in [0.15, 0.2) is 0 Å². The van der Waals surface area contributed by atoms with E-state index in [9.17, 15) is 4.79 Å². The summed E-state index contributed by atoms with van der Waals surface area (Å²) in [4.78, 5) is 10.8. The minimum absolute atomic E-state index is 0.110. The van der Waals surface area contributed by atoms with E-state index in [2.05, 4.69) is 6.92 Å². The summed E-state index contributed by atoms with van der Waals surface area (Å²) in [7, 11) is 0. The van der Waals surface area contributed by atoms with E-state index in [-0.39, 0.29) is 12.8 Å². The first-order valence-corrected chi connectivity index (χ1v) is 4.54. The van der Waals surface area contributed by atoms with Crippen molar-refractivity contribution < 1.29 is 14.3 Å². The largest absolute Gasteiger partial charge is 0.438 e. The van der Waals surface area contributed by atoms with Gasteiger partial charge in [-0.1, -0.05) is 20.3 Å². The van der Waals surface area contributed by atoms with Crippen LogP contribution in [0, 0.1) is 0 Å². The molecule has 0 unspecified atom stereocenters. The molecule has 0 fully saturated rings. The molecule has 0 aromatic rings. The zero-order valence-corrected chi connectivity index (χ0v) is 7.97. The van der Waals surface area contributed by atoms with Crippen LogP contribution in [0.4, 0.5) is 0 Å². The highest BCUT2D eigenvalue weighted by atomic mass is 16.7. The standard InChI is InChI=1S/C9H18O3/c1-3-5-7-11-8-12-9(10)6-4-2/h3-8H2,1-2H3. The smallest absolute Gasteiger partial charge is 0.307 e. The number of hydrogen-bond donors (Lipinski definition) is 0. The van der Waals surface area contributed by atoms with Crippen LogP contribution in [0.1, 0.15) is 39.5 Å². The zero-order chi connectivity index (χ0) is 9.23. The molecule has 0 aliphatic heterocycles. The first-order valence-electron chi connectivity index (χ1n) is 4.54. The van der Waals surface area contributed by atoms with Gasteiger partial charge >= 0.3 is 5.97 Å².